The Morgan fingerprint density at radius 1 is 1.30 bits per heavy atom. The summed E-state index contributed by atoms with van der Waals surface area (Å²) >= 11 is 5.98. The molecular formula is C16H19ClN2O4. The molecule has 1 aromatic carbocycles. The quantitative estimate of drug-likeness (QED) is 0.628. The fourth-order valence-corrected chi connectivity index (χ4v) is 1.63. The molecule has 0 atom stereocenters. The third-order valence-corrected chi connectivity index (χ3v) is 3.30. The molecule has 0 spiro atoms. The lowest BCUT2D eigenvalue weighted by Crippen LogP contribution is -2.38. The van der Waals surface area contributed by atoms with Gasteiger partial charge in [0.1, 0.15) is 0 Å². The first kappa shape index (κ1) is 18.7. The van der Waals surface area contributed by atoms with Crippen molar-refractivity contribution in [3.05, 3.63) is 40.4 Å². The number of carbonyl (C=O) groups is 3. The lowest BCUT2D eigenvalue weighted by Gasteiger charge is -2.10. The van der Waals surface area contributed by atoms with Crippen molar-refractivity contribution in [1.29, 1.82) is 0 Å². The van der Waals surface area contributed by atoms with Crippen molar-refractivity contribution in [2.75, 3.05) is 27.2 Å². The minimum absolute atomic E-state index is 0.138. The van der Waals surface area contributed by atoms with E-state index >= 15 is 0 Å². The molecule has 2 amide bonds. The van der Waals surface area contributed by atoms with Gasteiger partial charge in [-0.2, -0.15) is 0 Å². The number of carbonyl (C=O) groups excluding carboxylic acids is 3. The lowest BCUT2D eigenvalue weighted by atomic mass is 10.1. The maximum absolute atomic E-state index is 11.5. The van der Waals surface area contributed by atoms with Crippen LogP contribution in [0.5, 0.6) is 0 Å². The molecule has 0 radical (unpaired) electrons. The highest BCUT2D eigenvalue weighted by molar-refractivity contribution is 6.31. The predicted molar refractivity (Wildman–Crippen MR) is 87.9 cm³/mol. The van der Waals surface area contributed by atoms with E-state index < -0.39 is 18.5 Å². The maximum atomic E-state index is 11.5. The van der Waals surface area contributed by atoms with Gasteiger partial charge in [-0.15, -0.1) is 0 Å². The number of ether oxygens (including phenoxy) is 1. The highest BCUT2D eigenvalue weighted by Gasteiger charge is 2.08. The van der Waals surface area contributed by atoms with Crippen molar-refractivity contribution < 1.29 is 19.1 Å². The smallest absolute Gasteiger partial charge is 0.331 e. The molecule has 1 rings (SSSR count). The van der Waals surface area contributed by atoms with Crippen molar-refractivity contribution in [3.8, 4) is 0 Å². The summed E-state index contributed by atoms with van der Waals surface area (Å²) in [4.78, 5) is 35.6. The molecule has 0 unspecified atom stereocenters. The zero-order chi connectivity index (χ0) is 17.4. The van der Waals surface area contributed by atoms with E-state index in [1.807, 2.05) is 19.1 Å². The number of hydrogen-bond donors (Lipinski definition) is 1. The molecule has 6 nitrogen and oxygen atoms in total. The zero-order valence-corrected chi connectivity index (χ0v) is 14.0. The summed E-state index contributed by atoms with van der Waals surface area (Å²) in [5.74, 6) is -1.45. The zero-order valence-electron chi connectivity index (χ0n) is 13.3. The van der Waals surface area contributed by atoms with Crippen LogP contribution in [0.2, 0.25) is 5.02 Å². The summed E-state index contributed by atoms with van der Waals surface area (Å²) in [7, 11) is 3.16. The number of halogens is 1. The number of nitrogens with one attached hydrogen (secondary N) is 1. The first-order valence-corrected chi connectivity index (χ1v) is 7.25. The molecule has 23 heavy (non-hydrogen) atoms. The number of likely N-dealkylation sites (N-methyl/N-ethyl adjacent to an activating group) is 1. The summed E-state index contributed by atoms with van der Waals surface area (Å²) in [5.41, 5.74) is 1.69. The average Bonchev–Trinajstić information content (AvgIpc) is 2.51. The first-order valence-electron chi connectivity index (χ1n) is 6.87. The highest BCUT2D eigenvalue weighted by Crippen LogP contribution is 2.17. The van der Waals surface area contributed by atoms with Crippen molar-refractivity contribution >= 4 is 35.5 Å². The van der Waals surface area contributed by atoms with E-state index in [1.165, 1.54) is 11.0 Å². The van der Waals surface area contributed by atoms with Crippen LogP contribution in [0.25, 0.3) is 6.08 Å². The van der Waals surface area contributed by atoms with Gasteiger partial charge in [0.05, 0.1) is 6.54 Å². The molecule has 0 saturated heterocycles. The second-order valence-electron chi connectivity index (χ2n) is 5.01. The molecule has 0 aliphatic carbocycles. The van der Waals surface area contributed by atoms with E-state index in [-0.39, 0.29) is 12.5 Å². The Morgan fingerprint density at radius 2 is 2.00 bits per heavy atom. The average molecular weight is 339 g/mol. The number of rotatable bonds is 6. The summed E-state index contributed by atoms with van der Waals surface area (Å²) in [6, 6.07) is 5.37. The maximum Gasteiger partial charge on any atom is 0.331 e. The number of nitrogens with zero attached hydrogens (tertiary/aromatic N) is 1. The number of amides is 2. The normalized spacial score (nSPS) is 10.4. The minimum Gasteiger partial charge on any atom is -0.452 e. The number of esters is 1. The predicted octanol–water partition coefficient (Wildman–Crippen LogP) is 1.41. The van der Waals surface area contributed by atoms with E-state index in [4.69, 9.17) is 16.3 Å². The molecule has 0 heterocycles. The van der Waals surface area contributed by atoms with Crippen molar-refractivity contribution in [3.63, 3.8) is 0 Å². The van der Waals surface area contributed by atoms with Gasteiger partial charge in [0, 0.05) is 25.2 Å². The molecule has 0 bridgehead atoms. The Hall–Kier alpha value is -2.34. The monoisotopic (exact) mass is 338 g/mol. The van der Waals surface area contributed by atoms with Gasteiger partial charge in [-0.1, -0.05) is 23.7 Å². The molecule has 1 N–H and O–H groups in total. The van der Waals surface area contributed by atoms with Gasteiger partial charge < -0.3 is 15.0 Å². The van der Waals surface area contributed by atoms with Crippen LogP contribution in [0.1, 0.15) is 11.1 Å². The third-order valence-electron chi connectivity index (χ3n) is 2.89. The van der Waals surface area contributed by atoms with E-state index in [0.29, 0.717) is 5.02 Å². The first-order chi connectivity index (χ1) is 10.8. The molecular weight excluding hydrogens is 320 g/mol. The molecule has 7 heteroatoms. The van der Waals surface area contributed by atoms with Gasteiger partial charge in [-0.05, 0) is 30.2 Å². The Morgan fingerprint density at radius 3 is 2.61 bits per heavy atom. The summed E-state index contributed by atoms with van der Waals surface area (Å²) in [6.07, 6.45) is 2.75. The van der Waals surface area contributed by atoms with E-state index in [9.17, 15) is 14.4 Å². The van der Waals surface area contributed by atoms with Crippen molar-refractivity contribution in [2.45, 2.75) is 6.92 Å². The standard InChI is InChI=1S/C16H19ClN2O4/c1-11-4-5-12(8-13(11)17)6-7-16(22)23-10-14(20)18-9-15(21)19(2)3/h4-8H,9-10H2,1-3H3,(H,18,20)/b7-6+. The fraction of sp³-hybridized carbons (Fsp3) is 0.312. The molecule has 0 fully saturated rings. The largest absolute Gasteiger partial charge is 0.452 e. The number of benzene rings is 1. The topological polar surface area (TPSA) is 75.7 Å². The van der Waals surface area contributed by atoms with E-state index in [0.717, 1.165) is 11.1 Å². The Balaban J connectivity index is 2.38. The van der Waals surface area contributed by atoms with Crippen LogP contribution in [0.4, 0.5) is 0 Å². The van der Waals surface area contributed by atoms with Gasteiger partial charge in [-0.25, -0.2) is 4.79 Å². The lowest BCUT2D eigenvalue weighted by molar-refractivity contribution is -0.144. The second kappa shape index (κ2) is 8.95. The molecule has 1 aromatic rings. The van der Waals surface area contributed by atoms with Gasteiger partial charge in [0.15, 0.2) is 6.61 Å². The van der Waals surface area contributed by atoms with Gasteiger partial charge >= 0.3 is 5.97 Å². The summed E-state index contributed by atoms with van der Waals surface area (Å²) in [6.45, 7) is 1.30. The number of aryl methyl sites for hydroxylation is 1. The van der Waals surface area contributed by atoms with Crippen molar-refractivity contribution in [1.82, 2.24) is 10.2 Å². The van der Waals surface area contributed by atoms with Crippen LogP contribution >= 0.6 is 11.6 Å². The fourth-order valence-electron chi connectivity index (χ4n) is 1.45. The Labute approximate surface area is 140 Å². The third kappa shape index (κ3) is 6.97. The summed E-state index contributed by atoms with van der Waals surface area (Å²) < 4.78 is 4.78. The second-order valence-corrected chi connectivity index (χ2v) is 5.42. The van der Waals surface area contributed by atoms with Crippen LogP contribution < -0.4 is 5.32 Å². The van der Waals surface area contributed by atoms with E-state index in [2.05, 4.69) is 5.32 Å². The van der Waals surface area contributed by atoms with Crippen LogP contribution in [0.3, 0.4) is 0 Å². The Bertz CT molecular complexity index is 627. The van der Waals surface area contributed by atoms with Crippen LogP contribution in [0, 0.1) is 6.92 Å². The van der Waals surface area contributed by atoms with Crippen molar-refractivity contribution in [2.24, 2.45) is 0 Å². The molecule has 124 valence electrons. The molecule has 0 aliphatic heterocycles. The Kier molecular flexibility index (Phi) is 7.28. The van der Waals surface area contributed by atoms with Gasteiger partial charge in [0.25, 0.3) is 5.91 Å². The van der Waals surface area contributed by atoms with Crippen LogP contribution in [-0.2, 0) is 19.1 Å². The van der Waals surface area contributed by atoms with Crippen LogP contribution in [0.15, 0.2) is 24.3 Å². The molecule has 0 aromatic heterocycles. The molecule has 0 aliphatic rings. The number of hydrogen-bond acceptors (Lipinski definition) is 4. The highest BCUT2D eigenvalue weighted by atomic mass is 35.5. The molecule has 0 saturated carbocycles. The minimum atomic E-state index is -0.657. The van der Waals surface area contributed by atoms with Crippen LogP contribution in [-0.4, -0.2) is 49.9 Å². The SMILES string of the molecule is Cc1ccc(/C=C/C(=O)OCC(=O)NCC(=O)N(C)C)cc1Cl. The van der Waals surface area contributed by atoms with Gasteiger partial charge in [0.2, 0.25) is 5.91 Å². The van der Waals surface area contributed by atoms with Gasteiger partial charge in [-0.3, -0.25) is 9.59 Å². The summed E-state index contributed by atoms with van der Waals surface area (Å²) in [5, 5.41) is 2.96. The van der Waals surface area contributed by atoms with E-state index in [1.54, 1.807) is 26.2 Å².